The maximum atomic E-state index is 13.4. The minimum atomic E-state index is -0.336. The van der Waals surface area contributed by atoms with Gasteiger partial charge in [0, 0.05) is 19.1 Å². The van der Waals surface area contributed by atoms with Crippen LogP contribution >= 0.6 is 0 Å². The fraction of sp³-hybridized carbons (Fsp3) is 0.462. The van der Waals surface area contributed by atoms with Crippen molar-refractivity contribution in [1.82, 2.24) is 4.90 Å². The lowest BCUT2D eigenvalue weighted by atomic mass is 10.1. The number of halogens is 1. The van der Waals surface area contributed by atoms with E-state index in [2.05, 4.69) is 0 Å². The molecule has 1 aromatic carbocycles. The Morgan fingerprint density at radius 2 is 2.06 bits per heavy atom. The quantitative estimate of drug-likeness (QED) is 0.846. The van der Waals surface area contributed by atoms with Gasteiger partial charge in [-0.15, -0.1) is 0 Å². The van der Waals surface area contributed by atoms with Crippen LogP contribution in [0.3, 0.4) is 0 Å². The zero-order chi connectivity index (χ0) is 12.8. The van der Waals surface area contributed by atoms with Gasteiger partial charge in [0.25, 0.3) is 0 Å². The summed E-state index contributed by atoms with van der Waals surface area (Å²) in [5.74, 6) is -0.423. The predicted octanol–water partition coefficient (Wildman–Crippen LogP) is 1.56. The third kappa shape index (κ3) is 3.82. The van der Waals surface area contributed by atoms with Gasteiger partial charge in [-0.25, -0.2) is 4.39 Å². The van der Waals surface area contributed by atoms with Gasteiger partial charge in [0.15, 0.2) is 0 Å². The molecule has 2 N–H and O–H groups in total. The van der Waals surface area contributed by atoms with Crippen LogP contribution in [0.1, 0.15) is 19.4 Å². The maximum Gasteiger partial charge on any atom is 0.227 e. The Hall–Kier alpha value is -1.42. The first-order valence-corrected chi connectivity index (χ1v) is 5.79. The molecule has 1 aromatic rings. The Labute approximate surface area is 101 Å². The molecule has 1 amide bonds. The van der Waals surface area contributed by atoms with Crippen molar-refractivity contribution in [2.45, 2.75) is 26.3 Å². The number of amides is 1. The molecule has 0 aromatic heterocycles. The minimum absolute atomic E-state index is 0.0813. The zero-order valence-electron chi connectivity index (χ0n) is 10.3. The largest absolute Gasteiger partial charge is 0.339 e. The summed E-state index contributed by atoms with van der Waals surface area (Å²) >= 11 is 0. The van der Waals surface area contributed by atoms with Crippen molar-refractivity contribution in [3.63, 3.8) is 0 Å². The monoisotopic (exact) mass is 238 g/mol. The molecular weight excluding hydrogens is 219 g/mol. The first-order valence-electron chi connectivity index (χ1n) is 5.79. The topological polar surface area (TPSA) is 46.3 Å². The molecule has 4 heteroatoms. The summed E-state index contributed by atoms with van der Waals surface area (Å²) in [6.07, 6.45) is 0.0881. The molecule has 0 aliphatic rings. The maximum absolute atomic E-state index is 13.4. The Kier molecular flexibility index (Phi) is 5.10. The first kappa shape index (κ1) is 13.6. The van der Waals surface area contributed by atoms with Gasteiger partial charge < -0.3 is 10.6 Å². The Bertz CT molecular complexity index is 379. The van der Waals surface area contributed by atoms with Crippen LogP contribution in [0.25, 0.3) is 0 Å². The third-order valence-corrected chi connectivity index (χ3v) is 2.61. The number of hydrogen-bond acceptors (Lipinski definition) is 2. The van der Waals surface area contributed by atoms with Crippen molar-refractivity contribution >= 4 is 5.91 Å². The van der Waals surface area contributed by atoms with Gasteiger partial charge >= 0.3 is 0 Å². The molecule has 0 atom stereocenters. The highest BCUT2D eigenvalue weighted by Crippen LogP contribution is 2.10. The molecule has 0 saturated carbocycles. The van der Waals surface area contributed by atoms with E-state index >= 15 is 0 Å². The molecular formula is C13H19FN2O. The predicted molar refractivity (Wildman–Crippen MR) is 66.0 cm³/mol. The van der Waals surface area contributed by atoms with E-state index in [0.717, 1.165) is 0 Å². The second-order valence-corrected chi connectivity index (χ2v) is 4.24. The van der Waals surface area contributed by atoms with E-state index in [9.17, 15) is 9.18 Å². The lowest BCUT2D eigenvalue weighted by Crippen LogP contribution is -2.41. The summed E-state index contributed by atoms with van der Waals surface area (Å²) in [7, 11) is 0. The van der Waals surface area contributed by atoms with Gasteiger partial charge in [0.1, 0.15) is 5.82 Å². The Morgan fingerprint density at radius 3 is 2.59 bits per heavy atom. The summed E-state index contributed by atoms with van der Waals surface area (Å²) in [4.78, 5) is 13.7. The lowest BCUT2D eigenvalue weighted by Gasteiger charge is -2.26. The van der Waals surface area contributed by atoms with Crippen LogP contribution in [0.2, 0.25) is 0 Å². The van der Waals surface area contributed by atoms with E-state index in [0.29, 0.717) is 18.7 Å². The lowest BCUT2D eigenvalue weighted by molar-refractivity contribution is -0.132. The van der Waals surface area contributed by atoms with Crippen LogP contribution < -0.4 is 5.73 Å². The number of nitrogens with zero attached hydrogens (tertiary/aromatic N) is 1. The van der Waals surface area contributed by atoms with Crippen LogP contribution in [0, 0.1) is 5.82 Å². The molecule has 0 bridgehead atoms. The smallest absolute Gasteiger partial charge is 0.227 e. The normalized spacial score (nSPS) is 10.6. The zero-order valence-corrected chi connectivity index (χ0v) is 10.3. The van der Waals surface area contributed by atoms with Gasteiger partial charge in [-0.1, -0.05) is 18.2 Å². The second-order valence-electron chi connectivity index (χ2n) is 4.24. The molecule has 0 radical (unpaired) electrons. The van der Waals surface area contributed by atoms with E-state index in [-0.39, 0.29) is 24.2 Å². The summed E-state index contributed by atoms with van der Waals surface area (Å²) in [5.41, 5.74) is 5.89. The number of carbonyl (C=O) groups is 1. The van der Waals surface area contributed by atoms with E-state index < -0.39 is 0 Å². The van der Waals surface area contributed by atoms with Gasteiger partial charge in [0.2, 0.25) is 5.91 Å². The van der Waals surface area contributed by atoms with Crippen molar-refractivity contribution in [1.29, 1.82) is 0 Å². The van der Waals surface area contributed by atoms with Crippen molar-refractivity contribution in [3.05, 3.63) is 35.6 Å². The Balaban J connectivity index is 2.73. The summed E-state index contributed by atoms with van der Waals surface area (Å²) < 4.78 is 13.4. The average molecular weight is 238 g/mol. The van der Waals surface area contributed by atoms with Crippen molar-refractivity contribution < 1.29 is 9.18 Å². The van der Waals surface area contributed by atoms with Crippen molar-refractivity contribution in [2.24, 2.45) is 5.73 Å². The van der Waals surface area contributed by atoms with Crippen LogP contribution in [0.4, 0.5) is 4.39 Å². The molecule has 1 rings (SSSR count). The van der Waals surface area contributed by atoms with E-state index in [4.69, 9.17) is 5.73 Å². The van der Waals surface area contributed by atoms with E-state index in [1.165, 1.54) is 6.07 Å². The van der Waals surface area contributed by atoms with Gasteiger partial charge in [-0.2, -0.15) is 0 Å². The number of carbonyl (C=O) groups excluding carboxylic acids is 1. The molecule has 0 heterocycles. The Morgan fingerprint density at radius 1 is 1.41 bits per heavy atom. The summed E-state index contributed by atoms with van der Waals surface area (Å²) in [6.45, 7) is 4.77. The average Bonchev–Trinajstić information content (AvgIpc) is 2.28. The first-order chi connectivity index (χ1) is 8.06. The van der Waals surface area contributed by atoms with Crippen LogP contribution in [-0.2, 0) is 11.2 Å². The van der Waals surface area contributed by atoms with Crippen LogP contribution in [0.15, 0.2) is 24.3 Å². The van der Waals surface area contributed by atoms with Crippen LogP contribution in [0.5, 0.6) is 0 Å². The molecule has 0 aliphatic carbocycles. The van der Waals surface area contributed by atoms with Crippen molar-refractivity contribution in [2.75, 3.05) is 13.1 Å². The van der Waals surface area contributed by atoms with E-state index in [1.54, 1.807) is 23.1 Å². The highest BCUT2D eigenvalue weighted by molar-refractivity contribution is 5.79. The summed E-state index contributed by atoms with van der Waals surface area (Å²) in [6, 6.07) is 6.43. The molecule has 0 aliphatic heterocycles. The molecule has 3 nitrogen and oxygen atoms in total. The van der Waals surface area contributed by atoms with Crippen molar-refractivity contribution in [3.8, 4) is 0 Å². The minimum Gasteiger partial charge on any atom is -0.339 e. The van der Waals surface area contributed by atoms with Gasteiger partial charge in [-0.05, 0) is 25.5 Å². The standard InChI is InChI=1S/C13H19FN2O/c1-10(2)16(8-7-15)13(17)9-11-5-3-4-6-12(11)14/h3-6,10H,7-9,15H2,1-2H3. The third-order valence-electron chi connectivity index (χ3n) is 2.61. The molecule has 94 valence electrons. The highest BCUT2D eigenvalue weighted by Gasteiger charge is 2.17. The molecule has 0 fully saturated rings. The number of nitrogens with two attached hydrogens (primary N) is 1. The number of benzene rings is 1. The molecule has 0 unspecified atom stereocenters. The highest BCUT2D eigenvalue weighted by atomic mass is 19.1. The summed E-state index contributed by atoms with van der Waals surface area (Å²) in [5, 5.41) is 0. The van der Waals surface area contributed by atoms with Gasteiger partial charge in [-0.3, -0.25) is 4.79 Å². The molecule has 0 spiro atoms. The van der Waals surface area contributed by atoms with E-state index in [1.807, 2.05) is 13.8 Å². The van der Waals surface area contributed by atoms with Gasteiger partial charge in [0.05, 0.1) is 6.42 Å². The molecule has 17 heavy (non-hydrogen) atoms. The number of rotatable bonds is 5. The fourth-order valence-electron chi connectivity index (χ4n) is 1.72. The fourth-order valence-corrected chi connectivity index (χ4v) is 1.72. The second kappa shape index (κ2) is 6.35. The SMILES string of the molecule is CC(C)N(CCN)C(=O)Cc1ccccc1F. The molecule has 0 saturated heterocycles. The van der Waals surface area contributed by atoms with Crippen LogP contribution in [-0.4, -0.2) is 29.9 Å². The number of hydrogen-bond donors (Lipinski definition) is 1.